The second kappa shape index (κ2) is 7.21. The minimum absolute atomic E-state index is 0.00831. The van der Waals surface area contributed by atoms with E-state index in [0.29, 0.717) is 18.7 Å². The molecule has 2 aliphatic rings. The highest BCUT2D eigenvalue weighted by molar-refractivity contribution is 6.00. The summed E-state index contributed by atoms with van der Waals surface area (Å²) in [6, 6.07) is 7.71. The molecule has 0 spiro atoms. The van der Waals surface area contributed by atoms with Crippen LogP contribution in [0.5, 0.6) is 5.75 Å². The van der Waals surface area contributed by atoms with Gasteiger partial charge >= 0.3 is 0 Å². The number of para-hydroxylation sites is 2. The maximum atomic E-state index is 12.4. The molecule has 3 rings (SSSR count). The van der Waals surface area contributed by atoms with E-state index in [1.807, 2.05) is 24.3 Å². The van der Waals surface area contributed by atoms with E-state index in [-0.39, 0.29) is 17.9 Å². The lowest BCUT2D eigenvalue weighted by atomic mass is 10.1. The van der Waals surface area contributed by atoms with Gasteiger partial charge in [0.1, 0.15) is 5.75 Å². The number of fused-ring (bicyclic) bond motifs is 1. The molecule has 1 N–H and O–H groups in total. The van der Waals surface area contributed by atoms with Gasteiger partial charge in [-0.25, -0.2) is 0 Å². The van der Waals surface area contributed by atoms with Gasteiger partial charge in [-0.1, -0.05) is 12.1 Å². The lowest BCUT2D eigenvalue weighted by Gasteiger charge is -2.33. The fraction of sp³-hybridized carbons (Fsp3) is 0.556. The summed E-state index contributed by atoms with van der Waals surface area (Å²) >= 11 is 0. The second-order valence-corrected chi connectivity index (χ2v) is 6.61. The Kier molecular flexibility index (Phi) is 5.04. The number of hydrogen-bond acceptors (Lipinski definition) is 4. The van der Waals surface area contributed by atoms with Gasteiger partial charge in [0.2, 0.25) is 5.91 Å². The highest BCUT2D eigenvalue weighted by Gasteiger charge is 2.31. The summed E-state index contributed by atoms with van der Waals surface area (Å²) in [6.07, 6.45) is 1.76. The van der Waals surface area contributed by atoms with Gasteiger partial charge in [-0.15, -0.1) is 0 Å². The molecule has 1 aromatic carbocycles. The Bertz CT molecular complexity index is 611. The predicted molar refractivity (Wildman–Crippen MR) is 92.2 cm³/mol. The van der Waals surface area contributed by atoms with E-state index in [1.165, 1.54) is 0 Å². The van der Waals surface area contributed by atoms with Crippen LogP contribution in [-0.4, -0.2) is 55.5 Å². The molecule has 6 heteroatoms. The molecule has 0 saturated carbocycles. The molecule has 6 nitrogen and oxygen atoms in total. The number of benzene rings is 1. The van der Waals surface area contributed by atoms with E-state index >= 15 is 0 Å². The molecule has 1 aromatic rings. The summed E-state index contributed by atoms with van der Waals surface area (Å²) in [7, 11) is 2.10. The van der Waals surface area contributed by atoms with Crippen LogP contribution in [0.2, 0.25) is 0 Å². The van der Waals surface area contributed by atoms with Crippen molar-refractivity contribution < 1.29 is 14.3 Å². The number of hydrogen-bond donors (Lipinski definition) is 1. The average molecular weight is 331 g/mol. The first-order valence-electron chi connectivity index (χ1n) is 8.59. The molecular formula is C18H25N3O3. The van der Waals surface area contributed by atoms with Crippen molar-refractivity contribution in [2.75, 3.05) is 31.6 Å². The molecule has 0 bridgehead atoms. The number of rotatable bonds is 4. The molecule has 130 valence electrons. The van der Waals surface area contributed by atoms with Crippen molar-refractivity contribution in [1.29, 1.82) is 0 Å². The van der Waals surface area contributed by atoms with Crippen LogP contribution in [0.25, 0.3) is 0 Å². The van der Waals surface area contributed by atoms with Crippen LogP contribution < -0.4 is 15.0 Å². The lowest BCUT2D eigenvalue weighted by Crippen LogP contribution is -2.47. The third-order valence-electron chi connectivity index (χ3n) is 4.72. The Balaban J connectivity index is 1.57. The Labute approximate surface area is 142 Å². The highest BCUT2D eigenvalue weighted by Crippen LogP contribution is 2.33. The second-order valence-electron chi connectivity index (χ2n) is 6.61. The van der Waals surface area contributed by atoms with E-state index in [4.69, 9.17) is 4.74 Å². The van der Waals surface area contributed by atoms with Crippen LogP contribution in [0.4, 0.5) is 5.69 Å². The Morgan fingerprint density at radius 3 is 2.75 bits per heavy atom. The smallest absolute Gasteiger partial charge is 0.267 e. The zero-order chi connectivity index (χ0) is 17.1. The number of carbonyl (C=O) groups is 2. The van der Waals surface area contributed by atoms with Crippen molar-refractivity contribution in [3.63, 3.8) is 0 Å². The first-order chi connectivity index (χ1) is 11.5. The summed E-state index contributed by atoms with van der Waals surface area (Å²) in [4.78, 5) is 28.6. The van der Waals surface area contributed by atoms with Crippen LogP contribution in [0, 0.1) is 0 Å². The number of nitrogens with zero attached hydrogens (tertiary/aromatic N) is 2. The van der Waals surface area contributed by atoms with Crippen molar-refractivity contribution in [2.45, 2.75) is 38.3 Å². The van der Waals surface area contributed by atoms with Crippen molar-refractivity contribution in [3.05, 3.63) is 24.3 Å². The number of likely N-dealkylation sites (tertiary alicyclic amines) is 1. The fourth-order valence-electron chi connectivity index (χ4n) is 3.26. The third-order valence-corrected chi connectivity index (χ3v) is 4.72. The fourth-order valence-corrected chi connectivity index (χ4v) is 3.26. The zero-order valence-electron chi connectivity index (χ0n) is 14.3. The molecule has 2 heterocycles. The van der Waals surface area contributed by atoms with Gasteiger partial charge in [0.25, 0.3) is 5.91 Å². The SMILES string of the molecule is CC1Oc2ccccc2N(CCC(=O)NC2CCN(C)CC2)C1=O. The minimum Gasteiger partial charge on any atom is -0.479 e. The molecule has 24 heavy (non-hydrogen) atoms. The van der Waals surface area contributed by atoms with Gasteiger partial charge in [0, 0.05) is 19.0 Å². The normalized spacial score (nSPS) is 22.0. The van der Waals surface area contributed by atoms with Crippen molar-refractivity contribution in [2.24, 2.45) is 0 Å². The average Bonchev–Trinajstić information content (AvgIpc) is 2.57. The largest absolute Gasteiger partial charge is 0.479 e. The van der Waals surface area contributed by atoms with Gasteiger partial charge in [-0.2, -0.15) is 0 Å². The van der Waals surface area contributed by atoms with Crippen molar-refractivity contribution >= 4 is 17.5 Å². The number of nitrogens with one attached hydrogen (secondary N) is 1. The lowest BCUT2D eigenvalue weighted by molar-refractivity contribution is -0.125. The first kappa shape index (κ1) is 16.8. The van der Waals surface area contributed by atoms with E-state index in [9.17, 15) is 9.59 Å². The van der Waals surface area contributed by atoms with Crippen LogP contribution in [-0.2, 0) is 9.59 Å². The number of ether oxygens (including phenoxy) is 1. The van der Waals surface area contributed by atoms with Crippen LogP contribution in [0.1, 0.15) is 26.2 Å². The Morgan fingerprint density at radius 1 is 1.29 bits per heavy atom. The van der Waals surface area contributed by atoms with Gasteiger partial charge in [0.15, 0.2) is 6.10 Å². The Hall–Kier alpha value is -2.08. The molecule has 1 unspecified atom stereocenters. The molecule has 1 fully saturated rings. The van der Waals surface area contributed by atoms with Crippen molar-refractivity contribution in [1.82, 2.24) is 10.2 Å². The van der Waals surface area contributed by atoms with E-state index in [0.717, 1.165) is 31.6 Å². The third kappa shape index (κ3) is 3.70. The summed E-state index contributed by atoms with van der Waals surface area (Å²) in [6.45, 7) is 4.14. The van der Waals surface area contributed by atoms with E-state index in [1.54, 1.807) is 11.8 Å². The number of anilines is 1. The monoisotopic (exact) mass is 331 g/mol. The minimum atomic E-state index is -0.517. The predicted octanol–water partition coefficient (Wildman–Crippen LogP) is 1.40. The first-order valence-corrected chi connectivity index (χ1v) is 8.59. The van der Waals surface area contributed by atoms with Gasteiger partial charge in [-0.3, -0.25) is 9.59 Å². The summed E-state index contributed by atoms with van der Waals surface area (Å²) in [5, 5.41) is 3.09. The molecule has 1 saturated heterocycles. The van der Waals surface area contributed by atoms with Gasteiger partial charge in [-0.05, 0) is 52.0 Å². The zero-order valence-corrected chi connectivity index (χ0v) is 14.3. The van der Waals surface area contributed by atoms with Gasteiger partial charge < -0.3 is 19.9 Å². The van der Waals surface area contributed by atoms with Crippen molar-refractivity contribution in [3.8, 4) is 5.75 Å². The van der Waals surface area contributed by atoms with Crippen LogP contribution >= 0.6 is 0 Å². The molecule has 0 radical (unpaired) electrons. The maximum Gasteiger partial charge on any atom is 0.267 e. The molecule has 0 aliphatic carbocycles. The van der Waals surface area contributed by atoms with Crippen LogP contribution in [0.3, 0.4) is 0 Å². The van der Waals surface area contributed by atoms with E-state index in [2.05, 4.69) is 17.3 Å². The highest BCUT2D eigenvalue weighted by atomic mass is 16.5. The maximum absolute atomic E-state index is 12.4. The molecule has 1 atom stereocenters. The molecule has 2 aliphatic heterocycles. The Morgan fingerprint density at radius 2 is 2.00 bits per heavy atom. The molecule has 2 amide bonds. The summed E-state index contributed by atoms with van der Waals surface area (Å²) in [5.74, 6) is 0.607. The van der Waals surface area contributed by atoms with Gasteiger partial charge in [0.05, 0.1) is 5.69 Å². The number of carbonyl (C=O) groups excluding carboxylic acids is 2. The summed E-state index contributed by atoms with van der Waals surface area (Å²) < 4.78 is 5.62. The quantitative estimate of drug-likeness (QED) is 0.906. The number of piperidine rings is 1. The number of amides is 2. The van der Waals surface area contributed by atoms with Crippen LogP contribution in [0.15, 0.2) is 24.3 Å². The summed E-state index contributed by atoms with van der Waals surface area (Å²) in [5.41, 5.74) is 0.743. The topological polar surface area (TPSA) is 61.9 Å². The standard InChI is InChI=1S/C18H25N3O3/c1-13-18(23)21(15-5-3-4-6-16(15)24-13)12-9-17(22)19-14-7-10-20(2)11-8-14/h3-6,13-14H,7-12H2,1-2H3,(H,19,22). The molecule has 0 aromatic heterocycles. The van der Waals surface area contributed by atoms with E-state index < -0.39 is 6.10 Å². The molecular weight excluding hydrogens is 306 g/mol.